The molecule has 94 valence electrons. The predicted octanol–water partition coefficient (Wildman–Crippen LogP) is 2.72. The average molecular weight is 273 g/mol. The molecule has 2 N–H and O–H groups in total. The van der Waals surface area contributed by atoms with Crippen LogP contribution in [-0.4, -0.2) is 15.0 Å². The number of hydrogen-bond donors (Lipinski definition) is 2. The standard InChI is InChI=1S/C13H9ClN4O/c14-11-12(16-7-17-13(11)19)18-9-5-8-3-1-2-4-10(8)15-6-9/h1-7H,(H2,16,17,18,19). The van der Waals surface area contributed by atoms with Gasteiger partial charge < -0.3 is 10.3 Å². The topological polar surface area (TPSA) is 70.7 Å². The van der Waals surface area contributed by atoms with E-state index in [9.17, 15) is 4.79 Å². The molecule has 0 aliphatic heterocycles. The fourth-order valence-electron chi connectivity index (χ4n) is 1.75. The van der Waals surface area contributed by atoms with Gasteiger partial charge in [-0.15, -0.1) is 0 Å². The summed E-state index contributed by atoms with van der Waals surface area (Å²) in [7, 11) is 0. The number of pyridine rings is 1. The summed E-state index contributed by atoms with van der Waals surface area (Å²) in [4.78, 5) is 22.1. The molecule has 0 saturated carbocycles. The van der Waals surface area contributed by atoms with Gasteiger partial charge in [0.1, 0.15) is 5.02 Å². The fourth-order valence-corrected chi connectivity index (χ4v) is 1.90. The molecule has 0 aliphatic rings. The second-order valence-electron chi connectivity index (χ2n) is 3.94. The summed E-state index contributed by atoms with van der Waals surface area (Å²) in [6.45, 7) is 0. The zero-order chi connectivity index (χ0) is 13.2. The first kappa shape index (κ1) is 11.7. The van der Waals surface area contributed by atoms with Crippen molar-refractivity contribution in [3.8, 4) is 0 Å². The summed E-state index contributed by atoms with van der Waals surface area (Å²) < 4.78 is 0. The molecule has 3 rings (SSSR count). The number of benzene rings is 1. The van der Waals surface area contributed by atoms with E-state index in [1.54, 1.807) is 6.20 Å². The molecule has 3 aromatic rings. The molecule has 2 heterocycles. The minimum absolute atomic E-state index is 0.0238. The van der Waals surface area contributed by atoms with E-state index in [1.165, 1.54) is 6.33 Å². The quantitative estimate of drug-likeness (QED) is 0.752. The van der Waals surface area contributed by atoms with Crippen LogP contribution in [0.1, 0.15) is 0 Å². The molecule has 19 heavy (non-hydrogen) atoms. The van der Waals surface area contributed by atoms with Gasteiger partial charge in [0.15, 0.2) is 5.82 Å². The number of H-pyrrole nitrogens is 1. The number of rotatable bonds is 2. The Morgan fingerprint density at radius 1 is 1.21 bits per heavy atom. The second kappa shape index (κ2) is 4.70. The molecule has 0 aliphatic carbocycles. The van der Waals surface area contributed by atoms with E-state index in [0.717, 1.165) is 16.6 Å². The van der Waals surface area contributed by atoms with E-state index in [1.807, 2.05) is 30.3 Å². The van der Waals surface area contributed by atoms with Crippen LogP contribution in [0.25, 0.3) is 10.9 Å². The van der Waals surface area contributed by atoms with Gasteiger partial charge in [0.25, 0.3) is 5.56 Å². The maximum atomic E-state index is 11.4. The van der Waals surface area contributed by atoms with Crippen LogP contribution < -0.4 is 10.9 Å². The maximum Gasteiger partial charge on any atom is 0.271 e. The summed E-state index contributed by atoms with van der Waals surface area (Å²) in [5.41, 5.74) is 1.24. The Bertz CT molecular complexity index is 800. The lowest BCUT2D eigenvalue weighted by Gasteiger charge is -2.06. The van der Waals surface area contributed by atoms with Gasteiger partial charge in [0, 0.05) is 5.39 Å². The smallest absolute Gasteiger partial charge is 0.271 e. The molecular formula is C13H9ClN4O. The van der Waals surface area contributed by atoms with Gasteiger partial charge in [0.2, 0.25) is 0 Å². The molecule has 0 bridgehead atoms. The van der Waals surface area contributed by atoms with Crippen molar-refractivity contribution in [1.82, 2.24) is 15.0 Å². The zero-order valence-corrected chi connectivity index (χ0v) is 10.5. The van der Waals surface area contributed by atoms with E-state index in [-0.39, 0.29) is 10.6 Å². The number of aromatic amines is 1. The number of nitrogens with zero attached hydrogens (tertiary/aromatic N) is 2. The highest BCUT2D eigenvalue weighted by Crippen LogP contribution is 2.21. The molecule has 0 radical (unpaired) electrons. The molecule has 0 fully saturated rings. The van der Waals surface area contributed by atoms with Crippen molar-refractivity contribution in [2.24, 2.45) is 0 Å². The Hall–Kier alpha value is -2.40. The molecule has 2 aromatic heterocycles. The number of fused-ring (bicyclic) bond motifs is 1. The molecule has 0 atom stereocenters. The van der Waals surface area contributed by atoms with Crippen LogP contribution in [0.15, 0.2) is 47.7 Å². The molecule has 0 unspecified atom stereocenters. The van der Waals surface area contributed by atoms with Gasteiger partial charge in [-0.1, -0.05) is 29.8 Å². The van der Waals surface area contributed by atoms with Crippen LogP contribution in [0.2, 0.25) is 5.02 Å². The van der Waals surface area contributed by atoms with E-state index in [2.05, 4.69) is 20.3 Å². The van der Waals surface area contributed by atoms with E-state index >= 15 is 0 Å². The lowest BCUT2D eigenvalue weighted by molar-refractivity contribution is 1.12. The number of halogens is 1. The Labute approximate surface area is 113 Å². The first-order valence-electron chi connectivity index (χ1n) is 5.59. The number of aromatic nitrogens is 3. The van der Waals surface area contributed by atoms with Crippen molar-refractivity contribution in [2.75, 3.05) is 5.32 Å². The molecule has 1 aromatic carbocycles. The fraction of sp³-hybridized carbons (Fsp3) is 0. The Morgan fingerprint density at radius 3 is 2.95 bits per heavy atom. The van der Waals surface area contributed by atoms with Crippen molar-refractivity contribution < 1.29 is 0 Å². The number of para-hydroxylation sites is 1. The van der Waals surface area contributed by atoms with Gasteiger partial charge in [0.05, 0.1) is 23.7 Å². The van der Waals surface area contributed by atoms with Gasteiger partial charge in [-0.2, -0.15) is 0 Å². The molecule has 6 heteroatoms. The third kappa shape index (κ3) is 2.28. The first-order chi connectivity index (χ1) is 9.24. The van der Waals surface area contributed by atoms with Crippen molar-refractivity contribution in [1.29, 1.82) is 0 Å². The molecular weight excluding hydrogens is 264 g/mol. The Balaban J connectivity index is 2.01. The normalized spacial score (nSPS) is 10.6. The van der Waals surface area contributed by atoms with Gasteiger partial charge in [-0.05, 0) is 12.1 Å². The summed E-state index contributed by atoms with van der Waals surface area (Å²) in [5, 5.41) is 4.00. The SMILES string of the molecule is O=c1[nH]cnc(Nc2cnc3ccccc3c2)c1Cl. The third-order valence-corrected chi connectivity index (χ3v) is 3.00. The van der Waals surface area contributed by atoms with Crippen LogP contribution in [0.4, 0.5) is 11.5 Å². The molecule has 5 nitrogen and oxygen atoms in total. The van der Waals surface area contributed by atoms with E-state index in [4.69, 9.17) is 11.6 Å². The van der Waals surface area contributed by atoms with Gasteiger partial charge in [-0.3, -0.25) is 9.78 Å². The van der Waals surface area contributed by atoms with Crippen LogP contribution >= 0.6 is 11.6 Å². The lowest BCUT2D eigenvalue weighted by Crippen LogP contribution is -2.09. The highest BCUT2D eigenvalue weighted by molar-refractivity contribution is 6.32. The number of hydrogen-bond acceptors (Lipinski definition) is 4. The predicted molar refractivity (Wildman–Crippen MR) is 74.9 cm³/mol. The summed E-state index contributed by atoms with van der Waals surface area (Å²) in [5.74, 6) is 0.308. The van der Waals surface area contributed by atoms with E-state index in [0.29, 0.717) is 5.82 Å². The van der Waals surface area contributed by atoms with Crippen LogP contribution in [0.5, 0.6) is 0 Å². The molecule has 0 amide bonds. The van der Waals surface area contributed by atoms with Crippen LogP contribution in [0, 0.1) is 0 Å². The van der Waals surface area contributed by atoms with Gasteiger partial charge >= 0.3 is 0 Å². The highest BCUT2D eigenvalue weighted by atomic mass is 35.5. The van der Waals surface area contributed by atoms with Gasteiger partial charge in [-0.25, -0.2) is 4.98 Å². The minimum atomic E-state index is -0.382. The molecule has 0 saturated heterocycles. The number of nitrogens with one attached hydrogen (secondary N) is 2. The lowest BCUT2D eigenvalue weighted by atomic mass is 10.2. The van der Waals surface area contributed by atoms with Crippen molar-refractivity contribution in [2.45, 2.75) is 0 Å². The zero-order valence-electron chi connectivity index (χ0n) is 9.72. The Kier molecular flexibility index (Phi) is 2.89. The van der Waals surface area contributed by atoms with Crippen molar-refractivity contribution in [3.05, 3.63) is 58.2 Å². The maximum absolute atomic E-state index is 11.4. The monoisotopic (exact) mass is 272 g/mol. The average Bonchev–Trinajstić information content (AvgIpc) is 2.44. The third-order valence-electron chi connectivity index (χ3n) is 2.65. The van der Waals surface area contributed by atoms with Crippen molar-refractivity contribution >= 4 is 34.0 Å². The van der Waals surface area contributed by atoms with Crippen molar-refractivity contribution in [3.63, 3.8) is 0 Å². The van der Waals surface area contributed by atoms with Crippen LogP contribution in [0.3, 0.4) is 0 Å². The minimum Gasteiger partial charge on any atom is -0.337 e. The van der Waals surface area contributed by atoms with Crippen LogP contribution in [-0.2, 0) is 0 Å². The second-order valence-corrected chi connectivity index (χ2v) is 4.31. The molecule has 0 spiro atoms. The summed E-state index contributed by atoms with van der Waals surface area (Å²) in [6, 6.07) is 9.67. The summed E-state index contributed by atoms with van der Waals surface area (Å²) in [6.07, 6.45) is 2.96. The van der Waals surface area contributed by atoms with E-state index < -0.39 is 0 Å². The summed E-state index contributed by atoms with van der Waals surface area (Å²) >= 11 is 5.87. The Morgan fingerprint density at radius 2 is 2.05 bits per heavy atom. The number of anilines is 2. The largest absolute Gasteiger partial charge is 0.337 e. The highest BCUT2D eigenvalue weighted by Gasteiger charge is 2.06. The first-order valence-corrected chi connectivity index (χ1v) is 5.97.